The van der Waals surface area contributed by atoms with Gasteiger partial charge in [0.25, 0.3) is 0 Å². The molecular weight excluding hydrogens is 244 g/mol. The molecule has 1 aliphatic carbocycles. The highest BCUT2D eigenvalue weighted by Crippen LogP contribution is 2.16. The number of rotatable bonds is 6. The number of hydrogen-bond acceptors (Lipinski definition) is 3. The van der Waals surface area contributed by atoms with Gasteiger partial charge in [0, 0.05) is 19.1 Å². The van der Waals surface area contributed by atoms with Crippen LogP contribution in [0.3, 0.4) is 0 Å². The van der Waals surface area contributed by atoms with Crippen molar-refractivity contribution in [2.24, 2.45) is 0 Å². The average molecular weight is 270 g/mol. The summed E-state index contributed by atoms with van der Waals surface area (Å²) in [6, 6.07) is 0.0280. The molecule has 1 saturated carbocycles. The van der Waals surface area contributed by atoms with Crippen molar-refractivity contribution in [3.05, 3.63) is 0 Å². The summed E-state index contributed by atoms with van der Waals surface area (Å²) < 4.78 is 0. The summed E-state index contributed by atoms with van der Waals surface area (Å²) >= 11 is 0. The molecule has 0 bridgehead atoms. The highest BCUT2D eigenvalue weighted by molar-refractivity contribution is 5.83. The van der Waals surface area contributed by atoms with Crippen LogP contribution in [-0.4, -0.2) is 56.6 Å². The van der Waals surface area contributed by atoms with Crippen LogP contribution in [0.25, 0.3) is 0 Å². The van der Waals surface area contributed by atoms with Crippen LogP contribution in [0.2, 0.25) is 0 Å². The smallest absolute Gasteiger partial charge is 0.315 e. The summed E-state index contributed by atoms with van der Waals surface area (Å²) in [5, 5.41) is 8.25. The van der Waals surface area contributed by atoms with Gasteiger partial charge in [0.05, 0.1) is 6.54 Å². The molecule has 0 aromatic carbocycles. The van der Waals surface area contributed by atoms with E-state index in [2.05, 4.69) is 16.0 Å². The van der Waals surface area contributed by atoms with Crippen molar-refractivity contribution >= 4 is 11.9 Å². The van der Waals surface area contributed by atoms with Gasteiger partial charge in [0.15, 0.2) is 0 Å². The van der Waals surface area contributed by atoms with Crippen LogP contribution in [0, 0.1) is 0 Å². The number of hydrogen-bond donors (Lipinski definition) is 3. The van der Waals surface area contributed by atoms with E-state index in [1.54, 1.807) is 0 Å². The highest BCUT2D eigenvalue weighted by Gasteiger charge is 2.15. The molecule has 0 radical (unpaired) electrons. The van der Waals surface area contributed by atoms with E-state index in [4.69, 9.17) is 0 Å². The Kier molecular flexibility index (Phi) is 7.25. The SMILES string of the molecule is CN(C)CCNC(=O)CNC(=O)NC1CCCCC1. The standard InChI is InChI=1S/C13H26N4O2/c1-17(2)9-8-14-12(18)10-15-13(19)16-11-6-4-3-5-7-11/h11H,3-10H2,1-2H3,(H,14,18)(H2,15,16,19). The Morgan fingerprint density at radius 3 is 2.42 bits per heavy atom. The van der Waals surface area contributed by atoms with Crippen LogP contribution in [0.5, 0.6) is 0 Å². The molecule has 3 N–H and O–H groups in total. The van der Waals surface area contributed by atoms with E-state index in [1.807, 2.05) is 19.0 Å². The first kappa shape index (κ1) is 15.8. The number of likely N-dealkylation sites (N-methyl/N-ethyl adjacent to an activating group) is 1. The molecule has 19 heavy (non-hydrogen) atoms. The van der Waals surface area contributed by atoms with Crippen molar-refractivity contribution in [3.8, 4) is 0 Å². The summed E-state index contributed by atoms with van der Waals surface area (Å²) in [5.74, 6) is -0.152. The van der Waals surface area contributed by atoms with Crippen LogP contribution in [-0.2, 0) is 4.79 Å². The van der Waals surface area contributed by atoms with Crippen LogP contribution >= 0.6 is 0 Å². The zero-order valence-corrected chi connectivity index (χ0v) is 12.0. The molecule has 0 spiro atoms. The fourth-order valence-corrected chi connectivity index (χ4v) is 2.13. The zero-order chi connectivity index (χ0) is 14.1. The van der Waals surface area contributed by atoms with Gasteiger partial charge in [-0.25, -0.2) is 4.79 Å². The molecule has 1 aliphatic rings. The average Bonchev–Trinajstić information content (AvgIpc) is 2.37. The molecule has 0 heterocycles. The van der Waals surface area contributed by atoms with Crippen LogP contribution in [0.15, 0.2) is 0 Å². The molecule has 1 rings (SSSR count). The van der Waals surface area contributed by atoms with Crippen molar-refractivity contribution in [3.63, 3.8) is 0 Å². The normalized spacial score (nSPS) is 16.2. The second-order valence-electron chi connectivity index (χ2n) is 5.32. The van der Waals surface area contributed by atoms with Gasteiger partial charge in [-0.3, -0.25) is 4.79 Å². The van der Waals surface area contributed by atoms with E-state index in [9.17, 15) is 9.59 Å². The molecule has 0 atom stereocenters. The molecule has 6 nitrogen and oxygen atoms in total. The molecule has 0 aromatic rings. The summed E-state index contributed by atoms with van der Waals surface area (Å²) in [6.45, 7) is 1.42. The van der Waals surface area contributed by atoms with Gasteiger partial charge in [-0.1, -0.05) is 19.3 Å². The molecular formula is C13H26N4O2. The van der Waals surface area contributed by atoms with Crippen molar-refractivity contribution < 1.29 is 9.59 Å². The molecule has 6 heteroatoms. The number of nitrogens with one attached hydrogen (secondary N) is 3. The quantitative estimate of drug-likeness (QED) is 0.650. The fraction of sp³-hybridized carbons (Fsp3) is 0.846. The van der Waals surface area contributed by atoms with Gasteiger partial charge in [0.1, 0.15) is 0 Å². The lowest BCUT2D eigenvalue weighted by Crippen LogP contribution is -2.46. The van der Waals surface area contributed by atoms with Gasteiger partial charge in [-0.2, -0.15) is 0 Å². The van der Waals surface area contributed by atoms with Gasteiger partial charge >= 0.3 is 6.03 Å². The summed E-state index contributed by atoms with van der Waals surface area (Å²) in [6.07, 6.45) is 5.70. The number of carbonyl (C=O) groups is 2. The lowest BCUT2D eigenvalue weighted by Gasteiger charge is -2.22. The van der Waals surface area contributed by atoms with Crippen LogP contribution in [0.4, 0.5) is 4.79 Å². The monoisotopic (exact) mass is 270 g/mol. The third-order valence-corrected chi connectivity index (χ3v) is 3.23. The Balaban J connectivity index is 2.06. The molecule has 0 aromatic heterocycles. The minimum Gasteiger partial charge on any atom is -0.353 e. The lowest BCUT2D eigenvalue weighted by molar-refractivity contribution is -0.120. The molecule has 0 unspecified atom stereocenters. The number of amides is 3. The van der Waals surface area contributed by atoms with Gasteiger partial charge < -0.3 is 20.9 Å². The minimum absolute atomic E-state index is 0.0337. The molecule has 0 saturated heterocycles. The second-order valence-corrected chi connectivity index (χ2v) is 5.32. The summed E-state index contributed by atoms with van der Waals surface area (Å²) in [4.78, 5) is 25.0. The Morgan fingerprint density at radius 1 is 1.11 bits per heavy atom. The second kappa shape index (κ2) is 8.74. The maximum Gasteiger partial charge on any atom is 0.315 e. The lowest BCUT2D eigenvalue weighted by atomic mass is 9.96. The molecule has 110 valence electrons. The maximum atomic E-state index is 11.6. The number of nitrogens with zero attached hydrogens (tertiary/aromatic N) is 1. The Bertz CT molecular complexity index is 288. The fourth-order valence-electron chi connectivity index (χ4n) is 2.13. The predicted octanol–water partition coefficient (Wildman–Crippen LogP) is 0.296. The Morgan fingerprint density at radius 2 is 1.79 bits per heavy atom. The van der Waals surface area contributed by atoms with Crippen molar-refractivity contribution in [2.45, 2.75) is 38.1 Å². The van der Waals surface area contributed by atoms with E-state index in [-0.39, 0.29) is 24.5 Å². The molecule has 0 aliphatic heterocycles. The van der Waals surface area contributed by atoms with E-state index in [0.29, 0.717) is 6.54 Å². The summed E-state index contributed by atoms with van der Waals surface area (Å²) in [7, 11) is 3.89. The van der Waals surface area contributed by atoms with Crippen molar-refractivity contribution in [2.75, 3.05) is 33.7 Å². The van der Waals surface area contributed by atoms with E-state index < -0.39 is 0 Å². The third kappa shape index (κ3) is 7.66. The summed E-state index contributed by atoms with van der Waals surface area (Å²) in [5.41, 5.74) is 0. The Hall–Kier alpha value is -1.30. The van der Waals surface area contributed by atoms with Crippen molar-refractivity contribution in [1.29, 1.82) is 0 Å². The van der Waals surface area contributed by atoms with E-state index in [0.717, 1.165) is 19.4 Å². The number of urea groups is 1. The van der Waals surface area contributed by atoms with Gasteiger partial charge in [0.2, 0.25) is 5.91 Å². The zero-order valence-electron chi connectivity index (χ0n) is 12.0. The molecule has 3 amide bonds. The highest BCUT2D eigenvalue weighted by atomic mass is 16.2. The van der Waals surface area contributed by atoms with E-state index in [1.165, 1.54) is 19.3 Å². The van der Waals surface area contributed by atoms with Crippen LogP contribution in [0.1, 0.15) is 32.1 Å². The maximum absolute atomic E-state index is 11.6. The first-order chi connectivity index (χ1) is 9.08. The van der Waals surface area contributed by atoms with E-state index >= 15 is 0 Å². The first-order valence-electron chi connectivity index (χ1n) is 7.03. The van der Waals surface area contributed by atoms with Crippen molar-refractivity contribution in [1.82, 2.24) is 20.9 Å². The third-order valence-electron chi connectivity index (χ3n) is 3.23. The van der Waals surface area contributed by atoms with Gasteiger partial charge in [-0.05, 0) is 26.9 Å². The molecule has 1 fully saturated rings. The minimum atomic E-state index is -0.241. The Labute approximate surface area is 115 Å². The topological polar surface area (TPSA) is 73.5 Å². The predicted molar refractivity (Wildman–Crippen MR) is 75.0 cm³/mol. The first-order valence-corrected chi connectivity index (χ1v) is 7.03. The van der Waals surface area contributed by atoms with Gasteiger partial charge in [-0.15, -0.1) is 0 Å². The number of carbonyl (C=O) groups excluding carboxylic acids is 2. The van der Waals surface area contributed by atoms with Crippen LogP contribution < -0.4 is 16.0 Å². The largest absolute Gasteiger partial charge is 0.353 e.